The molecule has 8 heteroatoms. The van der Waals surface area contributed by atoms with Crippen LogP contribution in [0.4, 0.5) is 11.4 Å². The fraction of sp³-hybridized carbons (Fsp3) is 0. The summed E-state index contributed by atoms with van der Waals surface area (Å²) in [6.07, 6.45) is 3.07. The number of carbonyl (C=O) groups excluding carboxylic acids is 2. The van der Waals surface area contributed by atoms with Gasteiger partial charge in [-0.15, -0.1) is 0 Å². The Kier molecular flexibility index (Phi) is 3.98. The lowest BCUT2D eigenvalue weighted by molar-refractivity contribution is 0.101. The van der Waals surface area contributed by atoms with Crippen molar-refractivity contribution in [2.45, 2.75) is 0 Å². The van der Waals surface area contributed by atoms with E-state index in [1.165, 1.54) is 12.3 Å². The van der Waals surface area contributed by atoms with Gasteiger partial charge in [-0.05, 0) is 42.5 Å². The molecule has 1 aliphatic heterocycles. The van der Waals surface area contributed by atoms with Crippen LogP contribution in [0, 0.1) is 0 Å². The molecule has 2 aromatic heterocycles. The molecule has 0 saturated heterocycles. The number of hydrogen-bond donors (Lipinski definition) is 2. The van der Waals surface area contributed by atoms with Gasteiger partial charge in [-0.2, -0.15) is 0 Å². The third-order valence-electron chi connectivity index (χ3n) is 3.71. The van der Waals surface area contributed by atoms with Crippen LogP contribution in [-0.4, -0.2) is 21.8 Å². The van der Waals surface area contributed by atoms with E-state index in [0.717, 1.165) is 0 Å². The highest BCUT2D eigenvalue weighted by Gasteiger charge is 2.22. The number of rotatable bonds is 2. The number of aromatic nitrogens is 2. The Morgan fingerprint density at radius 1 is 1.12 bits per heavy atom. The maximum absolute atomic E-state index is 12.5. The maximum atomic E-state index is 12.5. The van der Waals surface area contributed by atoms with E-state index in [0.29, 0.717) is 23.0 Å². The van der Waals surface area contributed by atoms with E-state index in [1.54, 1.807) is 42.6 Å². The normalized spacial score (nSPS) is 12.1. The first-order valence-corrected chi connectivity index (χ1v) is 8.00. The molecule has 1 aliphatic rings. The Morgan fingerprint density at radius 3 is 2.77 bits per heavy atom. The Labute approximate surface area is 153 Å². The molecule has 7 nitrogen and oxygen atoms in total. The highest BCUT2D eigenvalue weighted by molar-refractivity contribution is 6.33. The Hall–Kier alpha value is -3.45. The summed E-state index contributed by atoms with van der Waals surface area (Å²) in [4.78, 5) is 32.8. The van der Waals surface area contributed by atoms with Gasteiger partial charge in [0.25, 0.3) is 11.8 Å². The number of nitrogens with zero attached hydrogens (tertiary/aromatic N) is 2. The van der Waals surface area contributed by atoms with Crippen LogP contribution >= 0.6 is 11.6 Å². The lowest BCUT2D eigenvalue weighted by atomic mass is 10.1. The van der Waals surface area contributed by atoms with Crippen molar-refractivity contribution >= 4 is 34.8 Å². The molecule has 0 radical (unpaired) electrons. The van der Waals surface area contributed by atoms with Gasteiger partial charge in [0.1, 0.15) is 16.6 Å². The third kappa shape index (κ3) is 2.96. The average molecular weight is 367 g/mol. The SMILES string of the molecule is O=C1Nc2cccnc2Oc2ccc(NC(=O)c3cccnc3Cl)cc21. The molecular formula is C18H11ClN4O3. The maximum Gasteiger partial charge on any atom is 0.259 e. The van der Waals surface area contributed by atoms with E-state index in [-0.39, 0.29) is 22.2 Å². The van der Waals surface area contributed by atoms with Crippen molar-refractivity contribution in [3.05, 3.63) is 71.1 Å². The third-order valence-corrected chi connectivity index (χ3v) is 4.01. The molecule has 0 aliphatic carbocycles. The molecule has 0 unspecified atom stereocenters. The minimum Gasteiger partial charge on any atom is -0.436 e. The molecule has 2 amide bonds. The van der Waals surface area contributed by atoms with Gasteiger partial charge in [-0.25, -0.2) is 9.97 Å². The van der Waals surface area contributed by atoms with Gasteiger partial charge in [-0.1, -0.05) is 11.6 Å². The summed E-state index contributed by atoms with van der Waals surface area (Å²) < 4.78 is 5.70. The number of pyridine rings is 2. The summed E-state index contributed by atoms with van der Waals surface area (Å²) >= 11 is 5.93. The fourth-order valence-corrected chi connectivity index (χ4v) is 2.69. The second-order valence-corrected chi connectivity index (χ2v) is 5.78. The van der Waals surface area contributed by atoms with Crippen LogP contribution in [0.15, 0.2) is 54.9 Å². The molecule has 1 aromatic carbocycles. The lowest BCUT2D eigenvalue weighted by Gasteiger charge is -2.10. The molecule has 0 spiro atoms. The van der Waals surface area contributed by atoms with Gasteiger partial charge in [0.2, 0.25) is 5.88 Å². The molecule has 0 saturated carbocycles. The van der Waals surface area contributed by atoms with Gasteiger partial charge < -0.3 is 15.4 Å². The van der Waals surface area contributed by atoms with Crippen molar-refractivity contribution in [3.8, 4) is 11.6 Å². The van der Waals surface area contributed by atoms with Gasteiger partial charge in [0, 0.05) is 18.1 Å². The zero-order valence-electron chi connectivity index (χ0n) is 13.2. The molecule has 0 atom stereocenters. The van der Waals surface area contributed by atoms with E-state index in [2.05, 4.69) is 20.6 Å². The zero-order valence-corrected chi connectivity index (χ0v) is 13.9. The van der Waals surface area contributed by atoms with Crippen molar-refractivity contribution in [1.29, 1.82) is 0 Å². The van der Waals surface area contributed by atoms with Crippen molar-refractivity contribution in [2.24, 2.45) is 0 Å². The Bertz CT molecular complexity index is 1040. The number of amides is 2. The monoisotopic (exact) mass is 366 g/mol. The average Bonchev–Trinajstić information content (AvgIpc) is 2.78. The number of ether oxygens (including phenoxy) is 1. The van der Waals surface area contributed by atoms with Gasteiger partial charge in [0.15, 0.2) is 0 Å². The minimum absolute atomic E-state index is 0.0994. The van der Waals surface area contributed by atoms with Crippen LogP contribution in [0.25, 0.3) is 0 Å². The first-order chi connectivity index (χ1) is 12.6. The summed E-state index contributed by atoms with van der Waals surface area (Å²) in [5, 5.41) is 5.53. The largest absolute Gasteiger partial charge is 0.436 e. The zero-order chi connectivity index (χ0) is 18.1. The number of benzene rings is 1. The molecule has 0 bridgehead atoms. The van der Waals surface area contributed by atoms with Crippen LogP contribution in [0.5, 0.6) is 11.6 Å². The summed E-state index contributed by atoms with van der Waals surface area (Å²) in [5.41, 5.74) is 1.41. The van der Waals surface area contributed by atoms with Crippen molar-refractivity contribution in [3.63, 3.8) is 0 Å². The van der Waals surface area contributed by atoms with E-state index >= 15 is 0 Å². The molecule has 2 N–H and O–H groups in total. The van der Waals surface area contributed by atoms with Crippen molar-refractivity contribution in [1.82, 2.24) is 9.97 Å². The standard InChI is InChI=1S/C18H11ClN4O3/c19-15-11(3-1-7-20-15)16(24)22-10-5-6-14-12(9-10)17(25)23-13-4-2-8-21-18(13)26-14/h1-9H,(H,22,24)(H,23,25). The minimum atomic E-state index is -0.428. The molecule has 4 rings (SSSR count). The van der Waals surface area contributed by atoms with E-state index in [4.69, 9.17) is 16.3 Å². The number of halogens is 1. The smallest absolute Gasteiger partial charge is 0.259 e. The predicted molar refractivity (Wildman–Crippen MR) is 95.9 cm³/mol. The van der Waals surface area contributed by atoms with Gasteiger partial charge in [-0.3, -0.25) is 9.59 Å². The van der Waals surface area contributed by atoms with Gasteiger partial charge in [0.05, 0.1) is 11.1 Å². The quantitative estimate of drug-likeness (QED) is 0.674. The van der Waals surface area contributed by atoms with Crippen LogP contribution < -0.4 is 15.4 Å². The Balaban J connectivity index is 1.64. The van der Waals surface area contributed by atoms with Crippen LogP contribution in [0.3, 0.4) is 0 Å². The fourth-order valence-electron chi connectivity index (χ4n) is 2.49. The first kappa shape index (κ1) is 16.0. The summed E-state index contributed by atoms with van der Waals surface area (Å²) in [6, 6.07) is 11.3. The molecule has 0 fully saturated rings. The van der Waals surface area contributed by atoms with E-state index < -0.39 is 5.91 Å². The number of carbonyl (C=O) groups is 2. The highest BCUT2D eigenvalue weighted by atomic mass is 35.5. The summed E-state index contributed by atoms with van der Waals surface area (Å²) in [6.45, 7) is 0. The predicted octanol–water partition coefficient (Wildman–Crippen LogP) is 3.74. The Morgan fingerprint density at radius 2 is 1.92 bits per heavy atom. The van der Waals surface area contributed by atoms with Crippen molar-refractivity contribution in [2.75, 3.05) is 10.6 Å². The number of fused-ring (bicyclic) bond motifs is 2. The molecule has 128 valence electrons. The molecule has 3 heterocycles. The summed E-state index contributed by atoms with van der Waals surface area (Å²) in [7, 11) is 0. The molecular weight excluding hydrogens is 356 g/mol. The van der Waals surface area contributed by atoms with Crippen LogP contribution in [-0.2, 0) is 0 Å². The molecule has 26 heavy (non-hydrogen) atoms. The topological polar surface area (TPSA) is 93.2 Å². The highest BCUT2D eigenvalue weighted by Crippen LogP contribution is 2.34. The van der Waals surface area contributed by atoms with E-state index in [9.17, 15) is 9.59 Å². The van der Waals surface area contributed by atoms with Crippen LogP contribution in [0.2, 0.25) is 5.15 Å². The first-order valence-electron chi connectivity index (χ1n) is 7.62. The number of hydrogen-bond acceptors (Lipinski definition) is 5. The second kappa shape index (κ2) is 6.45. The van der Waals surface area contributed by atoms with Crippen LogP contribution in [0.1, 0.15) is 20.7 Å². The number of anilines is 2. The van der Waals surface area contributed by atoms with Gasteiger partial charge >= 0.3 is 0 Å². The second-order valence-electron chi connectivity index (χ2n) is 5.42. The summed E-state index contributed by atoms with van der Waals surface area (Å²) in [5.74, 6) is -0.138. The van der Waals surface area contributed by atoms with E-state index in [1.807, 2.05) is 0 Å². The molecule has 3 aromatic rings. The lowest BCUT2D eigenvalue weighted by Crippen LogP contribution is -2.14. The van der Waals surface area contributed by atoms with Crippen molar-refractivity contribution < 1.29 is 14.3 Å². The number of nitrogens with one attached hydrogen (secondary N) is 2.